The molecule has 0 spiro atoms. The summed E-state index contributed by atoms with van der Waals surface area (Å²) in [6.07, 6.45) is 5.88. The molecule has 0 radical (unpaired) electrons. The average molecular weight is 405 g/mol. The quantitative estimate of drug-likeness (QED) is 0.523. The first-order valence-corrected chi connectivity index (χ1v) is 10.3. The van der Waals surface area contributed by atoms with E-state index in [1.165, 1.54) is 12.8 Å². The van der Waals surface area contributed by atoms with E-state index >= 15 is 0 Å². The van der Waals surface area contributed by atoms with E-state index in [4.69, 9.17) is 14.8 Å². The fraction of sp³-hybridized carbons (Fsp3) is 0.400. The van der Waals surface area contributed by atoms with Crippen molar-refractivity contribution in [2.24, 2.45) is 7.05 Å². The van der Waals surface area contributed by atoms with Crippen LogP contribution in [0.15, 0.2) is 30.6 Å². The Balaban J connectivity index is 1.62. The summed E-state index contributed by atoms with van der Waals surface area (Å²) in [4.78, 5) is 7.32. The molecule has 2 aliphatic rings. The number of nitrogens with zero attached hydrogens (tertiary/aromatic N) is 7. The number of morpholine rings is 1. The molecular formula is C20H23N9O. The van der Waals surface area contributed by atoms with Gasteiger partial charge in [-0.2, -0.15) is 14.9 Å². The summed E-state index contributed by atoms with van der Waals surface area (Å²) >= 11 is 0. The van der Waals surface area contributed by atoms with Crippen LogP contribution in [0, 0.1) is 0 Å². The molecule has 6 rings (SSSR count). The highest BCUT2D eigenvalue weighted by Crippen LogP contribution is 2.38. The standard InChI is InChI=1S/C20H23N9O/c1-27-15(4-7-22-27)14-12-17(28-8-10-30-11-9-28)24-20-18(14)19(23-13-2-3-13)26-29(20)16-5-6-21-25-16/h4-7,12-13H,2-3,8-11H2,1H3,(H,21,25)(H,23,26). The van der Waals surface area contributed by atoms with Gasteiger partial charge in [0.15, 0.2) is 17.3 Å². The first-order valence-electron chi connectivity index (χ1n) is 10.3. The van der Waals surface area contributed by atoms with Crippen molar-refractivity contribution >= 4 is 22.7 Å². The number of pyridine rings is 1. The van der Waals surface area contributed by atoms with Crippen molar-refractivity contribution in [3.8, 4) is 17.1 Å². The van der Waals surface area contributed by atoms with Crippen LogP contribution >= 0.6 is 0 Å². The Morgan fingerprint density at radius 3 is 2.73 bits per heavy atom. The predicted molar refractivity (Wildman–Crippen MR) is 113 cm³/mol. The maximum atomic E-state index is 5.54. The average Bonchev–Trinajstić information content (AvgIpc) is 3.15. The molecule has 1 aliphatic carbocycles. The molecule has 1 aliphatic heterocycles. The Morgan fingerprint density at radius 1 is 1.17 bits per heavy atom. The molecule has 4 aromatic heterocycles. The maximum absolute atomic E-state index is 5.54. The van der Waals surface area contributed by atoms with Crippen LogP contribution in [0.3, 0.4) is 0 Å². The molecule has 0 unspecified atom stereocenters. The smallest absolute Gasteiger partial charge is 0.169 e. The van der Waals surface area contributed by atoms with Crippen LogP contribution in [0.1, 0.15) is 12.8 Å². The van der Waals surface area contributed by atoms with Crippen LogP contribution in [0.5, 0.6) is 0 Å². The minimum atomic E-state index is 0.469. The summed E-state index contributed by atoms with van der Waals surface area (Å²) < 4.78 is 9.28. The summed E-state index contributed by atoms with van der Waals surface area (Å²) in [5, 5.41) is 21.0. The fourth-order valence-electron chi connectivity index (χ4n) is 3.95. The van der Waals surface area contributed by atoms with E-state index in [-0.39, 0.29) is 0 Å². The maximum Gasteiger partial charge on any atom is 0.169 e. The molecule has 1 saturated carbocycles. The van der Waals surface area contributed by atoms with Crippen LogP contribution < -0.4 is 10.2 Å². The molecule has 2 fully saturated rings. The number of hydrogen-bond donors (Lipinski definition) is 2. The van der Waals surface area contributed by atoms with Gasteiger partial charge in [-0.1, -0.05) is 0 Å². The highest BCUT2D eigenvalue weighted by atomic mass is 16.5. The minimum Gasteiger partial charge on any atom is -0.378 e. The lowest BCUT2D eigenvalue weighted by Crippen LogP contribution is -2.36. The lowest BCUT2D eigenvalue weighted by molar-refractivity contribution is 0.122. The highest BCUT2D eigenvalue weighted by molar-refractivity contribution is 6.02. The zero-order valence-corrected chi connectivity index (χ0v) is 16.7. The number of H-pyrrole nitrogens is 1. The third kappa shape index (κ3) is 2.91. The SMILES string of the molecule is Cn1nccc1-c1cc(N2CCOCC2)nc2c1c(NC1CC1)nn2-c1ccn[nH]1. The normalized spacial score (nSPS) is 17.0. The monoisotopic (exact) mass is 405 g/mol. The van der Waals surface area contributed by atoms with Gasteiger partial charge in [0, 0.05) is 44.0 Å². The first-order chi connectivity index (χ1) is 14.8. The first kappa shape index (κ1) is 17.5. The third-order valence-corrected chi connectivity index (χ3v) is 5.69. The number of anilines is 2. The molecule has 5 heterocycles. The molecule has 10 heteroatoms. The zero-order valence-electron chi connectivity index (χ0n) is 16.7. The molecule has 30 heavy (non-hydrogen) atoms. The summed E-state index contributed by atoms with van der Waals surface area (Å²) in [5.41, 5.74) is 2.89. The summed E-state index contributed by atoms with van der Waals surface area (Å²) in [6.45, 7) is 3.04. The molecular weight excluding hydrogens is 382 g/mol. The van der Waals surface area contributed by atoms with Crippen molar-refractivity contribution < 1.29 is 4.74 Å². The predicted octanol–water partition coefficient (Wildman–Crippen LogP) is 1.95. The molecule has 1 saturated heterocycles. The molecule has 10 nitrogen and oxygen atoms in total. The largest absolute Gasteiger partial charge is 0.378 e. The van der Waals surface area contributed by atoms with Gasteiger partial charge in [-0.05, 0) is 25.0 Å². The van der Waals surface area contributed by atoms with Crippen LogP contribution in [0.25, 0.3) is 28.1 Å². The summed E-state index contributed by atoms with van der Waals surface area (Å²) in [5.74, 6) is 2.55. The van der Waals surface area contributed by atoms with E-state index in [0.717, 1.165) is 52.8 Å². The zero-order chi connectivity index (χ0) is 20.1. The fourth-order valence-corrected chi connectivity index (χ4v) is 3.95. The molecule has 2 N–H and O–H groups in total. The Morgan fingerprint density at radius 2 is 2.03 bits per heavy atom. The van der Waals surface area contributed by atoms with Crippen molar-refractivity contribution in [1.82, 2.24) is 34.7 Å². The number of rotatable bonds is 5. The van der Waals surface area contributed by atoms with E-state index in [1.807, 2.05) is 34.7 Å². The van der Waals surface area contributed by atoms with E-state index in [1.54, 1.807) is 6.20 Å². The number of ether oxygens (including phenoxy) is 1. The van der Waals surface area contributed by atoms with Crippen molar-refractivity contribution in [2.75, 3.05) is 36.5 Å². The van der Waals surface area contributed by atoms with Crippen molar-refractivity contribution in [3.63, 3.8) is 0 Å². The van der Waals surface area contributed by atoms with Gasteiger partial charge in [0.05, 0.1) is 30.5 Å². The highest BCUT2D eigenvalue weighted by Gasteiger charge is 2.28. The Labute approximate surface area is 172 Å². The van der Waals surface area contributed by atoms with E-state index < -0.39 is 0 Å². The van der Waals surface area contributed by atoms with Crippen molar-refractivity contribution in [2.45, 2.75) is 18.9 Å². The second-order valence-electron chi connectivity index (χ2n) is 7.79. The Hall–Kier alpha value is -3.40. The van der Waals surface area contributed by atoms with Gasteiger partial charge in [-0.3, -0.25) is 9.78 Å². The van der Waals surface area contributed by atoms with E-state index in [0.29, 0.717) is 19.3 Å². The molecule has 0 amide bonds. The number of hydrogen-bond acceptors (Lipinski definition) is 7. The second kappa shape index (κ2) is 6.84. The van der Waals surface area contributed by atoms with Crippen LogP contribution in [-0.4, -0.2) is 67.1 Å². The molecule has 0 atom stereocenters. The van der Waals surface area contributed by atoms with Gasteiger partial charge in [0.1, 0.15) is 5.82 Å². The van der Waals surface area contributed by atoms with Crippen molar-refractivity contribution in [3.05, 3.63) is 30.6 Å². The van der Waals surface area contributed by atoms with Crippen LogP contribution in [0.4, 0.5) is 11.6 Å². The minimum absolute atomic E-state index is 0.469. The molecule has 154 valence electrons. The number of fused-ring (bicyclic) bond motifs is 1. The topological polar surface area (TPSA) is 102 Å². The lowest BCUT2D eigenvalue weighted by Gasteiger charge is -2.28. The number of aromatic nitrogens is 7. The van der Waals surface area contributed by atoms with Gasteiger partial charge >= 0.3 is 0 Å². The Kier molecular flexibility index (Phi) is 3.98. The van der Waals surface area contributed by atoms with Gasteiger partial charge < -0.3 is 15.0 Å². The van der Waals surface area contributed by atoms with Gasteiger partial charge in [0.25, 0.3) is 0 Å². The third-order valence-electron chi connectivity index (χ3n) is 5.69. The van der Waals surface area contributed by atoms with E-state index in [9.17, 15) is 0 Å². The van der Waals surface area contributed by atoms with Crippen LogP contribution in [0.2, 0.25) is 0 Å². The van der Waals surface area contributed by atoms with Crippen LogP contribution in [-0.2, 0) is 11.8 Å². The second-order valence-corrected chi connectivity index (χ2v) is 7.79. The number of aromatic amines is 1. The van der Waals surface area contributed by atoms with Gasteiger partial charge in [0.2, 0.25) is 0 Å². The van der Waals surface area contributed by atoms with E-state index in [2.05, 4.69) is 31.6 Å². The lowest BCUT2D eigenvalue weighted by atomic mass is 10.1. The molecule has 0 aromatic carbocycles. The Bertz CT molecular complexity index is 1180. The van der Waals surface area contributed by atoms with Gasteiger partial charge in [-0.25, -0.2) is 4.98 Å². The molecule has 0 bridgehead atoms. The van der Waals surface area contributed by atoms with Gasteiger partial charge in [-0.15, -0.1) is 5.10 Å². The van der Waals surface area contributed by atoms with Crippen molar-refractivity contribution in [1.29, 1.82) is 0 Å². The number of nitrogens with one attached hydrogen (secondary N) is 2. The summed E-state index contributed by atoms with van der Waals surface area (Å²) in [6, 6.07) is 6.56. The molecule has 4 aromatic rings. The number of aryl methyl sites for hydroxylation is 1. The summed E-state index contributed by atoms with van der Waals surface area (Å²) in [7, 11) is 1.96.